The number of nitrogens with two attached hydrogens (primary N) is 2. The number of carbonyl (C=O) groups is 1. The fraction of sp³-hybridized carbons (Fsp3) is 0.222. The Bertz CT molecular complexity index is 274. The third kappa shape index (κ3) is 4.68. The summed E-state index contributed by atoms with van der Waals surface area (Å²) in [6, 6.07) is 5.60. The van der Waals surface area contributed by atoms with E-state index < -0.39 is 0 Å². The number of hydrogen-bond donors (Lipinski definition) is 2. The van der Waals surface area contributed by atoms with Gasteiger partial charge in [-0.3, -0.25) is 4.79 Å². The van der Waals surface area contributed by atoms with E-state index >= 15 is 0 Å². The normalized spacial score (nSPS) is 8.15. The van der Waals surface area contributed by atoms with Gasteiger partial charge in [0.2, 0.25) is 0 Å². The van der Waals surface area contributed by atoms with Gasteiger partial charge in [-0.25, -0.2) is 0 Å². The Morgan fingerprint density at radius 2 is 1.85 bits per heavy atom. The highest BCUT2D eigenvalue weighted by Gasteiger charge is 1.90. The maximum absolute atomic E-state index is 8.95. The van der Waals surface area contributed by atoms with Crippen molar-refractivity contribution in [3.05, 3.63) is 23.8 Å². The van der Waals surface area contributed by atoms with E-state index in [0.717, 1.165) is 5.56 Å². The molecule has 0 saturated heterocycles. The summed E-state index contributed by atoms with van der Waals surface area (Å²) in [7, 11) is 1.31. The molecule has 13 heavy (non-hydrogen) atoms. The van der Waals surface area contributed by atoms with E-state index in [9.17, 15) is 0 Å². The van der Waals surface area contributed by atoms with Crippen LogP contribution in [-0.4, -0.2) is 13.6 Å². The standard InChI is InChI=1S/C7H10N2.C2H4O2/c1-5-2-3-6(8)7(9)4-5;1-4-2-3/h2-4H,8-9H2,1H3;2H,1H3. The Morgan fingerprint density at radius 1 is 1.31 bits per heavy atom. The largest absolute Gasteiger partial charge is 0.471 e. The zero-order valence-corrected chi connectivity index (χ0v) is 7.78. The minimum atomic E-state index is 0.375. The van der Waals surface area contributed by atoms with Crippen LogP contribution in [-0.2, 0) is 9.53 Å². The molecule has 0 fully saturated rings. The summed E-state index contributed by atoms with van der Waals surface area (Å²) in [6.45, 7) is 2.36. The number of aryl methyl sites for hydroxylation is 1. The third-order valence-corrected chi connectivity index (χ3v) is 1.34. The molecule has 0 heterocycles. The first-order chi connectivity index (χ1) is 6.11. The molecule has 4 N–H and O–H groups in total. The molecular formula is C9H14N2O2. The number of carbonyl (C=O) groups excluding carboxylic acids is 1. The molecule has 0 amide bonds. The highest BCUT2D eigenvalue weighted by atomic mass is 16.5. The first-order valence-electron chi connectivity index (χ1n) is 3.70. The molecule has 0 aliphatic rings. The smallest absolute Gasteiger partial charge is 0.292 e. The van der Waals surface area contributed by atoms with Gasteiger partial charge in [-0.05, 0) is 24.6 Å². The van der Waals surface area contributed by atoms with Crippen LogP contribution in [0.25, 0.3) is 0 Å². The van der Waals surface area contributed by atoms with Gasteiger partial charge in [-0.1, -0.05) is 6.07 Å². The molecule has 0 radical (unpaired) electrons. The molecule has 1 aromatic rings. The zero-order chi connectivity index (χ0) is 10.3. The minimum absolute atomic E-state index is 0.375. The number of ether oxygens (including phenoxy) is 1. The van der Waals surface area contributed by atoms with Crippen LogP contribution in [0, 0.1) is 6.92 Å². The lowest BCUT2D eigenvalue weighted by Gasteiger charge is -1.98. The second kappa shape index (κ2) is 5.88. The second-order valence-electron chi connectivity index (χ2n) is 2.46. The van der Waals surface area contributed by atoms with E-state index in [4.69, 9.17) is 16.3 Å². The fourth-order valence-electron chi connectivity index (χ4n) is 0.694. The van der Waals surface area contributed by atoms with Crippen LogP contribution in [0.2, 0.25) is 0 Å². The predicted octanol–water partition coefficient (Wildman–Crippen LogP) is 0.949. The van der Waals surface area contributed by atoms with Crippen molar-refractivity contribution < 1.29 is 9.53 Å². The monoisotopic (exact) mass is 182 g/mol. The summed E-state index contributed by atoms with van der Waals surface area (Å²) in [4.78, 5) is 8.95. The number of hydrogen-bond acceptors (Lipinski definition) is 4. The second-order valence-corrected chi connectivity index (χ2v) is 2.46. The highest BCUT2D eigenvalue weighted by molar-refractivity contribution is 5.63. The summed E-state index contributed by atoms with van der Waals surface area (Å²) in [5, 5.41) is 0. The molecule has 72 valence electrons. The Labute approximate surface area is 77.5 Å². The van der Waals surface area contributed by atoms with Crippen LogP contribution in [0.15, 0.2) is 18.2 Å². The lowest BCUT2D eigenvalue weighted by atomic mass is 10.2. The van der Waals surface area contributed by atoms with Gasteiger partial charge >= 0.3 is 0 Å². The first-order valence-corrected chi connectivity index (χ1v) is 3.70. The van der Waals surface area contributed by atoms with Crippen molar-refractivity contribution in [2.24, 2.45) is 0 Å². The molecule has 0 aromatic heterocycles. The lowest BCUT2D eigenvalue weighted by molar-refractivity contribution is -0.126. The van der Waals surface area contributed by atoms with Gasteiger partial charge in [0.25, 0.3) is 6.47 Å². The number of methoxy groups -OCH3 is 1. The molecule has 0 bridgehead atoms. The lowest BCUT2D eigenvalue weighted by Crippen LogP contribution is -1.93. The molecule has 0 saturated carbocycles. The summed E-state index contributed by atoms with van der Waals surface area (Å²) in [5.74, 6) is 0. The number of benzene rings is 1. The Hall–Kier alpha value is -1.71. The van der Waals surface area contributed by atoms with Crippen molar-refractivity contribution >= 4 is 17.8 Å². The Morgan fingerprint density at radius 3 is 2.15 bits per heavy atom. The van der Waals surface area contributed by atoms with Gasteiger partial charge < -0.3 is 16.2 Å². The highest BCUT2D eigenvalue weighted by Crippen LogP contribution is 2.14. The number of anilines is 2. The molecule has 1 aromatic carbocycles. The zero-order valence-electron chi connectivity index (χ0n) is 7.78. The summed E-state index contributed by atoms with van der Waals surface area (Å²) < 4.78 is 3.86. The van der Waals surface area contributed by atoms with Crippen molar-refractivity contribution in [1.82, 2.24) is 0 Å². The fourth-order valence-corrected chi connectivity index (χ4v) is 0.694. The van der Waals surface area contributed by atoms with E-state index in [0.29, 0.717) is 17.8 Å². The molecule has 0 spiro atoms. The van der Waals surface area contributed by atoms with Crippen LogP contribution in [0.4, 0.5) is 11.4 Å². The molecule has 0 aliphatic heterocycles. The van der Waals surface area contributed by atoms with Crippen LogP contribution in [0.3, 0.4) is 0 Å². The van der Waals surface area contributed by atoms with E-state index in [1.54, 1.807) is 0 Å². The summed E-state index contributed by atoms with van der Waals surface area (Å²) in [5.41, 5.74) is 13.4. The van der Waals surface area contributed by atoms with Crippen molar-refractivity contribution in [2.75, 3.05) is 18.6 Å². The van der Waals surface area contributed by atoms with Gasteiger partial charge in [0.15, 0.2) is 0 Å². The number of rotatable bonds is 1. The molecule has 4 nitrogen and oxygen atoms in total. The van der Waals surface area contributed by atoms with Gasteiger partial charge in [0, 0.05) is 0 Å². The van der Waals surface area contributed by atoms with Crippen LogP contribution < -0.4 is 11.5 Å². The van der Waals surface area contributed by atoms with Gasteiger partial charge in [0.05, 0.1) is 18.5 Å². The van der Waals surface area contributed by atoms with Gasteiger partial charge in [-0.15, -0.1) is 0 Å². The average molecular weight is 182 g/mol. The van der Waals surface area contributed by atoms with Crippen LogP contribution in [0.5, 0.6) is 0 Å². The van der Waals surface area contributed by atoms with Gasteiger partial charge in [0.1, 0.15) is 0 Å². The number of nitrogen functional groups attached to an aromatic ring is 2. The van der Waals surface area contributed by atoms with Crippen molar-refractivity contribution in [3.8, 4) is 0 Å². The Kier molecular flexibility index (Phi) is 5.11. The quantitative estimate of drug-likeness (QED) is 0.500. The Balaban J connectivity index is 0.000000310. The molecule has 0 atom stereocenters. The van der Waals surface area contributed by atoms with Crippen LogP contribution >= 0.6 is 0 Å². The summed E-state index contributed by atoms with van der Waals surface area (Å²) in [6.07, 6.45) is 0. The van der Waals surface area contributed by atoms with E-state index in [1.165, 1.54) is 7.11 Å². The van der Waals surface area contributed by atoms with E-state index in [2.05, 4.69) is 4.74 Å². The molecule has 0 aliphatic carbocycles. The molecule has 4 heteroatoms. The molecular weight excluding hydrogens is 168 g/mol. The van der Waals surface area contributed by atoms with Crippen molar-refractivity contribution in [1.29, 1.82) is 0 Å². The molecule has 1 rings (SSSR count). The maximum atomic E-state index is 8.95. The van der Waals surface area contributed by atoms with Crippen molar-refractivity contribution in [3.63, 3.8) is 0 Å². The summed E-state index contributed by atoms with van der Waals surface area (Å²) >= 11 is 0. The minimum Gasteiger partial charge on any atom is -0.471 e. The topological polar surface area (TPSA) is 78.3 Å². The van der Waals surface area contributed by atoms with Gasteiger partial charge in [-0.2, -0.15) is 0 Å². The average Bonchev–Trinajstić information content (AvgIpc) is 2.12. The van der Waals surface area contributed by atoms with Crippen LogP contribution in [0.1, 0.15) is 5.56 Å². The SMILES string of the molecule is COC=O.Cc1ccc(N)c(N)c1. The van der Waals surface area contributed by atoms with E-state index in [1.807, 2.05) is 25.1 Å². The predicted molar refractivity (Wildman–Crippen MR) is 53.1 cm³/mol. The first kappa shape index (κ1) is 11.3. The maximum Gasteiger partial charge on any atom is 0.292 e. The molecule has 0 unspecified atom stereocenters. The van der Waals surface area contributed by atoms with Crippen molar-refractivity contribution in [2.45, 2.75) is 6.92 Å². The third-order valence-electron chi connectivity index (χ3n) is 1.34. The van der Waals surface area contributed by atoms with E-state index in [-0.39, 0.29) is 0 Å².